The van der Waals surface area contributed by atoms with Gasteiger partial charge in [-0.15, -0.1) is 5.26 Å². The summed E-state index contributed by atoms with van der Waals surface area (Å²) in [4.78, 5) is 23.8. The average Bonchev–Trinajstić information content (AvgIpc) is 2.71. The van der Waals surface area contributed by atoms with Crippen LogP contribution in [0.3, 0.4) is 0 Å². The molecule has 9 nitrogen and oxygen atoms in total. The Morgan fingerprint density at radius 3 is 2.43 bits per heavy atom. The number of nitrogens with two attached hydrogens (primary N) is 2. The van der Waals surface area contributed by atoms with Crippen molar-refractivity contribution in [1.29, 1.82) is 5.26 Å². The molecule has 0 aliphatic heterocycles. The summed E-state index contributed by atoms with van der Waals surface area (Å²) in [6.45, 7) is 0.139. The van der Waals surface area contributed by atoms with Gasteiger partial charge in [-0.2, -0.15) is 0 Å². The molecule has 9 heteroatoms. The molecule has 2 aromatic rings. The van der Waals surface area contributed by atoms with E-state index in [2.05, 4.69) is 0 Å². The fraction of sp³-hybridized carbons (Fsp3) is 0.190. The number of benzene rings is 2. The zero-order valence-electron chi connectivity index (χ0n) is 16.3. The van der Waals surface area contributed by atoms with E-state index in [0.29, 0.717) is 34.9 Å². The maximum absolute atomic E-state index is 11.9. The van der Waals surface area contributed by atoms with Crippen molar-refractivity contribution >= 4 is 29.4 Å². The summed E-state index contributed by atoms with van der Waals surface area (Å²) in [5.74, 6) is -0.370. The van der Waals surface area contributed by atoms with E-state index in [1.165, 1.54) is 43.5 Å². The smallest absolute Gasteiger partial charge is 0.338 e. The van der Waals surface area contributed by atoms with E-state index >= 15 is 0 Å². The van der Waals surface area contributed by atoms with Gasteiger partial charge in [-0.1, -0.05) is 0 Å². The first kappa shape index (κ1) is 22.1. The molecule has 2 aromatic carbocycles. The Kier molecular flexibility index (Phi) is 8.08. The Morgan fingerprint density at radius 2 is 1.77 bits per heavy atom. The number of nitrogens with zero attached hydrogens (tertiary/aromatic N) is 1. The van der Waals surface area contributed by atoms with Gasteiger partial charge in [0.15, 0.2) is 0 Å². The first-order valence-electron chi connectivity index (χ1n) is 8.85. The van der Waals surface area contributed by atoms with E-state index in [1.807, 2.05) is 0 Å². The van der Waals surface area contributed by atoms with Crippen LogP contribution < -0.4 is 20.9 Å². The van der Waals surface area contributed by atoms with Crippen molar-refractivity contribution in [2.75, 3.05) is 31.8 Å². The SMILES string of the molecule is COc1cc(OC#N)ccc1/C=C/C(=O)OCCCOC(=O)c1cc(N)cc(N)c1. The number of anilines is 2. The monoisotopic (exact) mass is 411 g/mol. The van der Waals surface area contributed by atoms with E-state index in [1.54, 1.807) is 18.4 Å². The predicted octanol–water partition coefficient (Wildman–Crippen LogP) is 2.52. The minimum absolute atomic E-state index is 0.0682. The predicted molar refractivity (Wildman–Crippen MR) is 109 cm³/mol. The zero-order chi connectivity index (χ0) is 21.9. The van der Waals surface area contributed by atoms with Crippen LogP contribution in [0.2, 0.25) is 0 Å². The highest BCUT2D eigenvalue weighted by molar-refractivity contribution is 5.91. The number of esters is 2. The number of methoxy groups -OCH3 is 1. The van der Waals surface area contributed by atoms with Crippen molar-refractivity contribution in [3.8, 4) is 17.8 Å². The van der Waals surface area contributed by atoms with Crippen LogP contribution in [0.15, 0.2) is 42.5 Å². The maximum atomic E-state index is 11.9. The van der Waals surface area contributed by atoms with E-state index in [4.69, 9.17) is 35.7 Å². The van der Waals surface area contributed by atoms with Crippen LogP contribution in [0, 0.1) is 11.5 Å². The molecule has 4 N–H and O–H groups in total. The number of rotatable bonds is 9. The number of hydrogen-bond donors (Lipinski definition) is 2. The highest BCUT2D eigenvalue weighted by Crippen LogP contribution is 2.25. The fourth-order valence-corrected chi connectivity index (χ4v) is 2.43. The molecular formula is C21H21N3O6. The van der Waals surface area contributed by atoms with Gasteiger partial charge in [0.2, 0.25) is 0 Å². The molecule has 0 aliphatic rings. The van der Waals surface area contributed by atoms with Crippen molar-refractivity contribution < 1.29 is 28.5 Å². The fourth-order valence-electron chi connectivity index (χ4n) is 2.43. The van der Waals surface area contributed by atoms with Gasteiger partial charge in [0.1, 0.15) is 11.5 Å². The maximum Gasteiger partial charge on any atom is 0.338 e. The Morgan fingerprint density at radius 1 is 1.07 bits per heavy atom. The van der Waals surface area contributed by atoms with Crippen molar-refractivity contribution in [3.63, 3.8) is 0 Å². The summed E-state index contributed by atoms with van der Waals surface area (Å²) in [5.41, 5.74) is 12.9. The van der Waals surface area contributed by atoms with Crippen molar-refractivity contribution in [1.82, 2.24) is 0 Å². The number of ether oxygens (including phenoxy) is 4. The second kappa shape index (κ2) is 11.0. The van der Waals surface area contributed by atoms with E-state index in [0.717, 1.165) is 0 Å². The van der Waals surface area contributed by atoms with Crippen LogP contribution in [-0.2, 0) is 14.3 Å². The van der Waals surface area contributed by atoms with Crippen LogP contribution in [0.1, 0.15) is 22.3 Å². The van der Waals surface area contributed by atoms with Gasteiger partial charge < -0.3 is 30.4 Å². The van der Waals surface area contributed by atoms with Gasteiger partial charge in [-0.05, 0) is 36.4 Å². The van der Waals surface area contributed by atoms with E-state index in [-0.39, 0.29) is 18.8 Å². The molecule has 0 atom stereocenters. The molecule has 0 bridgehead atoms. The Hall–Kier alpha value is -4.19. The summed E-state index contributed by atoms with van der Waals surface area (Å²) in [5, 5.41) is 8.53. The summed E-state index contributed by atoms with van der Waals surface area (Å²) < 4.78 is 20.1. The Labute approximate surface area is 173 Å². The molecule has 0 heterocycles. The third-order valence-electron chi connectivity index (χ3n) is 3.75. The molecule has 0 amide bonds. The molecule has 0 saturated carbocycles. The second-order valence-corrected chi connectivity index (χ2v) is 5.98. The lowest BCUT2D eigenvalue weighted by Crippen LogP contribution is -2.10. The number of carbonyl (C=O) groups excluding carboxylic acids is 2. The Bertz CT molecular complexity index is 961. The van der Waals surface area contributed by atoms with Crippen molar-refractivity contribution in [2.24, 2.45) is 0 Å². The molecule has 156 valence electrons. The minimum atomic E-state index is -0.565. The van der Waals surface area contributed by atoms with Gasteiger partial charge in [0.25, 0.3) is 6.26 Å². The van der Waals surface area contributed by atoms with Crippen molar-refractivity contribution in [2.45, 2.75) is 6.42 Å². The van der Waals surface area contributed by atoms with Gasteiger partial charge in [-0.3, -0.25) is 0 Å². The normalized spacial score (nSPS) is 10.3. The summed E-state index contributed by atoms with van der Waals surface area (Å²) in [7, 11) is 1.46. The van der Waals surface area contributed by atoms with E-state index in [9.17, 15) is 9.59 Å². The van der Waals surface area contributed by atoms with Crippen LogP contribution in [0.25, 0.3) is 6.08 Å². The highest BCUT2D eigenvalue weighted by Gasteiger charge is 2.09. The first-order valence-corrected chi connectivity index (χ1v) is 8.85. The summed E-state index contributed by atoms with van der Waals surface area (Å²) in [6, 6.07) is 9.20. The summed E-state index contributed by atoms with van der Waals surface area (Å²) in [6.07, 6.45) is 4.65. The van der Waals surface area contributed by atoms with Crippen LogP contribution in [0.4, 0.5) is 11.4 Å². The molecule has 0 fully saturated rings. The van der Waals surface area contributed by atoms with Gasteiger partial charge in [-0.25, -0.2) is 9.59 Å². The topological polar surface area (TPSA) is 147 Å². The Balaban J connectivity index is 1.76. The lowest BCUT2D eigenvalue weighted by Gasteiger charge is -2.07. The largest absolute Gasteiger partial charge is 0.496 e. The third-order valence-corrected chi connectivity index (χ3v) is 3.75. The number of hydrogen-bond acceptors (Lipinski definition) is 9. The molecule has 2 rings (SSSR count). The molecule has 0 spiro atoms. The van der Waals surface area contributed by atoms with Gasteiger partial charge in [0, 0.05) is 35.5 Å². The van der Waals surface area contributed by atoms with Crippen molar-refractivity contribution in [3.05, 3.63) is 53.6 Å². The molecule has 30 heavy (non-hydrogen) atoms. The average molecular weight is 411 g/mol. The minimum Gasteiger partial charge on any atom is -0.496 e. The van der Waals surface area contributed by atoms with E-state index < -0.39 is 11.9 Å². The highest BCUT2D eigenvalue weighted by atomic mass is 16.5. The molecule has 0 saturated heterocycles. The first-order chi connectivity index (χ1) is 14.4. The number of carbonyl (C=O) groups is 2. The molecule has 0 radical (unpaired) electrons. The van der Waals surface area contributed by atoms with Crippen LogP contribution in [0.5, 0.6) is 11.5 Å². The molecule has 0 unspecified atom stereocenters. The number of nitrogen functional groups attached to an aromatic ring is 2. The standard InChI is InChI=1S/C21H21N3O6/c1-27-19-12-18(30-13-22)5-3-14(19)4-6-20(25)28-7-2-8-29-21(26)15-9-16(23)11-17(24)10-15/h3-6,9-12H,2,7-8,23-24H2,1H3/b6-4+. The van der Waals surface area contributed by atoms with Gasteiger partial charge >= 0.3 is 11.9 Å². The molecule has 0 aliphatic carbocycles. The van der Waals surface area contributed by atoms with Gasteiger partial charge in [0.05, 0.1) is 25.9 Å². The second-order valence-electron chi connectivity index (χ2n) is 5.98. The quantitative estimate of drug-likeness (QED) is 0.209. The number of nitriles is 1. The third kappa shape index (κ3) is 6.76. The lowest BCUT2D eigenvalue weighted by molar-refractivity contribution is -0.137. The molecular weight excluding hydrogens is 390 g/mol. The zero-order valence-corrected chi connectivity index (χ0v) is 16.3. The van der Waals surface area contributed by atoms with Crippen LogP contribution >= 0.6 is 0 Å². The summed E-state index contributed by atoms with van der Waals surface area (Å²) >= 11 is 0. The molecule has 0 aromatic heterocycles. The lowest BCUT2D eigenvalue weighted by atomic mass is 10.2. The van der Waals surface area contributed by atoms with Crippen LogP contribution in [-0.4, -0.2) is 32.3 Å².